The van der Waals surface area contributed by atoms with Gasteiger partial charge in [-0.25, -0.2) is 4.98 Å². The number of carboxylic acids is 4. The number of benzene rings is 3. The summed E-state index contributed by atoms with van der Waals surface area (Å²) in [5, 5.41) is 94.0. The number of aromatic amines is 4. The molecular weight excluding hydrogens is 1960 g/mol. The summed E-state index contributed by atoms with van der Waals surface area (Å²) in [6.45, 7) is 4.16. The maximum absolute atomic E-state index is 15.5. The number of aliphatic hydroxyl groups is 2. The van der Waals surface area contributed by atoms with Crippen molar-refractivity contribution in [2.45, 2.75) is 189 Å². The Hall–Kier alpha value is -14.7. The van der Waals surface area contributed by atoms with E-state index in [2.05, 4.69) is 88.7 Å². The minimum atomic E-state index is -2.17. The van der Waals surface area contributed by atoms with Crippen LogP contribution in [0.1, 0.15) is 101 Å². The second-order valence-corrected chi connectivity index (χ2v) is 39.0. The molecule has 53 heteroatoms. The zero-order valence-corrected chi connectivity index (χ0v) is 82.7. The molecule has 3 saturated heterocycles. The van der Waals surface area contributed by atoms with Crippen LogP contribution in [0.2, 0.25) is 0 Å². The summed E-state index contributed by atoms with van der Waals surface area (Å²) in [5.41, 5.74) is 20.5. The number of aliphatic carboxylic acids is 4. The van der Waals surface area contributed by atoms with Gasteiger partial charge in [0.2, 0.25) is 94.5 Å². The third-order valence-electron chi connectivity index (χ3n) is 25.2. The van der Waals surface area contributed by atoms with E-state index in [0.29, 0.717) is 83.8 Å². The van der Waals surface area contributed by atoms with E-state index < -0.39 is 259 Å². The predicted octanol–water partition coefficient (Wildman–Crippen LogP) is -5.90. The van der Waals surface area contributed by atoms with Crippen LogP contribution in [-0.4, -0.2) is 386 Å². The Morgan fingerprint density at radius 2 is 0.939 bits per heavy atom. The SMILES string of the molecule is CC[C@H](C)[C@H](NC(=O)[C@@H](NC(=O)[C@H](Cc1c[nH]c2ccccc12)NC(=O)CCCCCNC(=O)CN1CCN(CC(=O)O)CCN(CC(=O)O)CCN(CC(=O)O)CC1)[C@@H](C)O)C(=O)N[C@H]1CSSC[C@@H](C(=O)N[C@@H](Cc2c[nH]c3ccccc23)C(=O)N2C[C@H](O)C[C@H]2C(N)=O)NC(=O)[C@H](CC(=O)O)NC(=O)[C@H](Cc2cnc[nH]2)NC(=O)[C@H](Cc2c[nH]c3ccccc23)NC(=O)[C@H](CC(N)=O)NC(=O)[C@H](CC(N)=O)NC1=O. The lowest BCUT2D eigenvalue weighted by Crippen LogP contribution is -2.63. The summed E-state index contributed by atoms with van der Waals surface area (Å²) < 4.78 is 0. The molecule has 0 spiro atoms. The molecule has 7 heterocycles. The van der Waals surface area contributed by atoms with E-state index in [0.717, 1.165) is 11.8 Å². The van der Waals surface area contributed by atoms with Crippen molar-refractivity contribution in [3.8, 4) is 0 Å². The Bertz CT molecular complexity index is 5830. The van der Waals surface area contributed by atoms with Gasteiger partial charge in [-0.3, -0.25) is 115 Å². The highest BCUT2D eigenvalue weighted by molar-refractivity contribution is 8.76. The van der Waals surface area contributed by atoms with Crippen molar-refractivity contribution in [1.82, 2.24) is 113 Å². The molecule has 3 aliphatic heterocycles. The molecule has 16 amide bonds. The number of nitrogens with zero attached hydrogens (tertiary/aromatic N) is 6. The maximum atomic E-state index is 15.5. The number of β-amino-alcohol motifs (C(OH)–C–C–N with tert-alkyl or cyclic N) is 1. The van der Waals surface area contributed by atoms with Crippen LogP contribution in [0.15, 0.2) is 104 Å². The quantitative estimate of drug-likeness (QED) is 0.0125. The summed E-state index contributed by atoms with van der Waals surface area (Å²) >= 11 is 0. The van der Waals surface area contributed by atoms with Gasteiger partial charge >= 0.3 is 23.9 Å². The van der Waals surface area contributed by atoms with Gasteiger partial charge < -0.3 is 136 Å². The molecule has 0 unspecified atom stereocenters. The predicted molar refractivity (Wildman–Crippen MR) is 531 cm³/mol. The van der Waals surface area contributed by atoms with Gasteiger partial charge in [-0.1, -0.05) is 103 Å². The Balaban J connectivity index is 0.919. The fourth-order valence-electron chi connectivity index (χ4n) is 17.2. The molecule has 0 bridgehead atoms. The number of imidazole rings is 1. The molecule has 0 aliphatic carbocycles. The number of aromatic nitrogens is 5. The highest BCUT2D eigenvalue weighted by Gasteiger charge is 2.45. The number of amides is 16. The molecule has 51 nitrogen and oxygen atoms in total. The number of aliphatic hydroxyl groups excluding tert-OH is 2. The van der Waals surface area contributed by atoms with Crippen molar-refractivity contribution in [1.29, 1.82) is 0 Å². The number of hydrogen-bond donors (Lipinski definition) is 25. The summed E-state index contributed by atoms with van der Waals surface area (Å²) in [7, 11) is 1.31. The van der Waals surface area contributed by atoms with E-state index >= 15 is 38.4 Å². The number of carboxylic acid groups (broad SMARTS) is 4. The first-order valence-electron chi connectivity index (χ1n) is 47.8. The van der Waals surface area contributed by atoms with Gasteiger partial charge in [-0.2, -0.15) is 0 Å². The number of nitrogens with two attached hydrogens (primary N) is 3. The second-order valence-electron chi connectivity index (χ2n) is 36.4. The zero-order chi connectivity index (χ0) is 107. The minimum absolute atomic E-state index is 0.0572. The lowest BCUT2D eigenvalue weighted by atomic mass is 9.97. The minimum Gasteiger partial charge on any atom is -0.481 e. The molecule has 15 atom stereocenters. The first kappa shape index (κ1) is 114. The van der Waals surface area contributed by atoms with E-state index in [4.69, 9.17) is 17.2 Å². The molecule has 3 aromatic carbocycles. The number of unbranched alkanes of at least 4 members (excludes halogenated alkanes) is 2. The van der Waals surface area contributed by atoms with Gasteiger partial charge in [0.1, 0.15) is 72.5 Å². The van der Waals surface area contributed by atoms with Crippen LogP contribution in [0.25, 0.3) is 32.7 Å². The molecule has 796 valence electrons. The monoisotopic (exact) mass is 2090 g/mol. The molecular formula is C94H127N25O26S2. The highest BCUT2D eigenvalue weighted by Crippen LogP contribution is 2.29. The van der Waals surface area contributed by atoms with Crippen molar-refractivity contribution >= 4 is 173 Å². The lowest BCUT2D eigenvalue weighted by Gasteiger charge is -2.32. The Kier molecular flexibility index (Phi) is 43.2. The number of fused-ring (bicyclic) bond motifs is 3. The van der Waals surface area contributed by atoms with Crippen LogP contribution in [0.4, 0.5) is 0 Å². The Morgan fingerprint density at radius 3 is 1.43 bits per heavy atom. The fourth-order valence-corrected chi connectivity index (χ4v) is 19.6. The number of rotatable bonds is 42. The molecule has 3 fully saturated rings. The first-order valence-corrected chi connectivity index (χ1v) is 50.3. The topological polar surface area (TPSA) is 777 Å². The second kappa shape index (κ2) is 55.6. The van der Waals surface area contributed by atoms with Crippen LogP contribution in [0.3, 0.4) is 0 Å². The van der Waals surface area contributed by atoms with E-state index in [1.54, 1.807) is 112 Å². The number of para-hydroxylation sites is 3. The van der Waals surface area contributed by atoms with Crippen LogP contribution in [-0.2, 0) is 122 Å². The van der Waals surface area contributed by atoms with E-state index in [-0.39, 0.29) is 129 Å². The summed E-state index contributed by atoms with van der Waals surface area (Å²) in [5.74, 6) is -25.3. The Labute approximate surface area is 849 Å². The third kappa shape index (κ3) is 35.1. The number of H-pyrrole nitrogens is 4. The van der Waals surface area contributed by atoms with Crippen LogP contribution < -0.4 is 81.0 Å². The zero-order valence-electron chi connectivity index (χ0n) is 81.1. The summed E-state index contributed by atoms with van der Waals surface area (Å²) in [4.78, 5) is 306. The van der Waals surface area contributed by atoms with Crippen molar-refractivity contribution in [2.24, 2.45) is 23.1 Å². The normalized spacial score (nSPS) is 21.3. The summed E-state index contributed by atoms with van der Waals surface area (Å²) in [6, 6.07) is -1.74. The van der Waals surface area contributed by atoms with Gasteiger partial charge in [0.15, 0.2) is 0 Å². The van der Waals surface area contributed by atoms with Gasteiger partial charge in [0.25, 0.3) is 0 Å². The van der Waals surface area contributed by atoms with Crippen molar-refractivity contribution in [3.05, 3.63) is 126 Å². The summed E-state index contributed by atoms with van der Waals surface area (Å²) in [6.07, 6.45) is -0.262. The van der Waals surface area contributed by atoms with Crippen molar-refractivity contribution in [2.75, 3.05) is 103 Å². The maximum Gasteiger partial charge on any atom is 0.317 e. The van der Waals surface area contributed by atoms with Crippen molar-refractivity contribution in [3.63, 3.8) is 0 Å². The van der Waals surface area contributed by atoms with Crippen LogP contribution in [0.5, 0.6) is 0 Å². The fraction of sp³-hybridized carbons (Fsp3) is 0.500. The molecule has 7 aromatic rings. The molecule has 0 radical (unpaired) electrons. The molecule has 0 saturated carbocycles. The standard InChI is InChI=1S/C94H127N25O26S2/c1-4-50(2)81(113-93(144)82(51(3)120)114-89(140)63(30-52-38-100-60-17-10-7-14-57(52)60)104-75(124)20-6-5-13-21-99-76(125)43-115-22-24-116(44-78(128)129)26-28-118(46-80(132)133)29-27-117(25-23-115)45-79(130)131)92(143)112-71-48-147-146-47-70(91(142)110-69(32-54-40-102-62-19-12-9-16-59(54)62)94(145)119-42-56(121)34-72(119)83(97)134)111-88(139)68(37-77(126)127)109-85(136)65(33-55-41-98-49-103-55)106-84(135)64(31-53-39-101-61-18-11-8-15-58(53)61)105-86(137)66(35-73(95)122)107-87(138)67(36-74(96)123)108-90(71)141/h7-12,14-19,38-41,49-51,56,63-72,81-82,100-102,120-121H,4-6,13,20-37,42-48H2,1-3H3,(H2,95,122)(H2,96,123)(H2,97,134)(H,98,103)(H,99,125)(H,104,124)(H,105,137)(H,106,135)(H,107,138)(H,108,141)(H,109,136)(H,110,142)(H,111,139)(H,112,143)(H,113,144)(H,114,140)(H,126,127)(H,128,129)(H,130,131)(H,132,133)/t50-,51+,56+,63-,64-,65-,66-,67-,68-,69-,70-,71-,72-,81-,82-/m0/s1. The van der Waals surface area contributed by atoms with Crippen LogP contribution >= 0.6 is 21.6 Å². The molecule has 4 aromatic heterocycles. The molecule has 3 aliphatic rings. The van der Waals surface area contributed by atoms with Gasteiger partial charge in [0, 0.05) is 179 Å². The molecule has 28 N–H and O–H groups in total. The van der Waals surface area contributed by atoms with E-state index in [9.17, 15) is 88.2 Å². The number of primary amides is 3. The van der Waals surface area contributed by atoms with Gasteiger partial charge in [-0.05, 0) is 60.6 Å². The van der Waals surface area contributed by atoms with Gasteiger partial charge in [-0.15, -0.1) is 0 Å². The smallest absolute Gasteiger partial charge is 0.317 e. The molecule has 147 heavy (non-hydrogen) atoms. The van der Waals surface area contributed by atoms with E-state index in [1.165, 1.54) is 25.6 Å². The number of hydrogen-bond acceptors (Lipinski definition) is 29. The van der Waals surface area contributed by atoms with Gasteiger partial charge in [0.05, 0.1) is 64.0 Å². The number of carbonyl (C=O) groups is 20. The average molecular weight is 2090 g/mol. The van der Waals surface area contributed by atoms with Crippen molar-refractivity contribution < 1.29 is 127 Å². The number of carbonyl (C=O) groups excluding carboxylic acids is 16. The molecule has 10 rings (SSSR count). The number of nitrogens with one attached hydrogen (secondary N) is 16. The van der Waals surface area contributed by atoms with E-state index in [1.807, 2.05) is 0 Å². The van der Waals surface area contributed by atoms with Crippen LogP contribution in [0, 0.1) is 5.92 Å². The highest BCUT2D eigenvalue weighted by atomic mass is 33.1. The lowest BCUT2D eigenvalue weighted by molar-refractivity contribution is -0.142. The largest absolute Gasteiger partial charge is 0.481 e. The Morgan fingerprint density at radius 1 is 0.483 bits per heavy atom. The number of likely N-dealkylation sites (tertiary alicyclic amines) is 1. The first-order chi connectivity index (χ1) is 70.1. The average Bonchev–Trinajstić information content (AvgIpc) is 1.67. The third-order valence-corrected chi connectivity index (χ3v) is 27.7.